The monoisotopic (exact) mass is 747 g/mol. The van der Waals surface area contributed by atoms with Crippen LogP contribution in [0.3, 0.4) is 0 Å². The van der Waals surface area contributed by atoms with Crippen LogP contribution < -0.4 is 4.90 Å². The van der Waals surface area contributed by atoms with E-state index in [2.05, 4.69) is 137 Å². The minimum Gasteiger partial charge on any atom is -0.332 e. The van der Waals surface area contributed by atoms with Crippen molar-refractivity contribution in [2.75, 3.05) is 4.90 Å². The number of hydrogen-bond donors (Lipinski definition) is 0. The Morgan fingerprint density at radius 2 is 1.05 bits per heavy atom. The number of hydrogen-bond acceptors (Lipinski definition) is 5. The van der Waals surface area contributed by atoms with E-state index in [0.29, 0.717) is 17.5 Å². The van der Waals surface area contributed by atoms with Gasteiger partial charge < -0.3 is 9.47 Å². The lowest BCUT2D eigenvalue weighted by atomic mass is 9.91. The number of fused-ring (bicyclic) bond motifs is 10. The molecule has 1 aliphatic carbocycles. The zero-order valence-electron chi connectivity index (χ0n) is 30.7. The summed E-state index contributed by atoms with van der Waals surface area (Å²) in [5.41, 5.74) is 10.2. The van der Waals surface area contributed by atoms with E-state index in [-0.39, 0.29) is 12.0 Å². The fourth-order valence-electron chi connectivity index (χ4n) is 8.99. The smallest absolute Gasteiger partial charge is 0.164 e. The van der Waals surface area contributed by atoms with Crippen LogP contribution in [0.15, 0.2) is 188 Å². The normalized spacial score (nSPS) is 15.9. The van der Waals surface area contributed by atoms with E-state index in [9.17, 15) is 0 Å². The molecule has 1 aliphatic heterocycles. The minimum absolute atomic E-state index is 0.128. The maximum atomic E-state index is 5.02. The number of aromatic nitrogens is 4. The number of anilines is 2. The molecule has 7 aromatic carbocycles. The number of rotatable bonds is 5. The van der Waals surface area contributed by atoms with Gasteiger partial charge in [0.15, 0.2) is 17.5 Å². The molecule has 0 saturated heterocycles. The second-order valence-corrected chi connectivity index (χ2v) is 15.9. The second-order valence-electron chi connectivity index (χ2n) is 14.8. The van der Waals surface area contributed by atoms with Crippen LogP contribution in [0, 0.1) is 0 Å². The Morgan fingerprint density at radius 1 is 0.456 bits per heavy atom. The van der Waals surface area contributed by atoms with Crippen molar-refractivity contribution >= 4 is 64.7 Å². The fraction of sp³-hybridized carbons (Fsp3) is 0.0392. The van der Waals surface area contributed by atoms with Crippen molar-refractivity contribution < 1.29 is 0 Å². The summed E-state index contributed by atoms with van der Waals surface area (Å²) in [4.78, 5) is 17.5. The summed E-state index contributed by atoms with van der Waals surface area (Å²) in [6.45, 7) is 0. The van der Waals surface area contributed by atoms with Gasteiger partial charge in [-0.2, -0.15) is 0 Å². The topological polar surface area (TPSA) is 46.8 Å². The highest BCUT2D eigenvalue weighted by Crippen LogP contribution is 2.53. The molecule has 2 aliphatic rings. The summed E-state index contributed by atoms with van der Waals surface area (Å²) in [6.07, 6.45) is 9.10. The van der Waals surface area contributed by atoms with Gasteiger partial charge in [0.05, 0.1) is 22.8 Å². The first-order chi connectivity index (χ1) is 28.3. The standard InChI is InChI=1S/C51H33N5S/c1-3-13-32(14-4-1)49-52-50(33-15-5-2-6-16-33)54-51(53-49)34-23-25-35(26-24-34)55-43-20-10-7-17-37(43)40-28-29-41-38-18-8-11-21-44(38)56(48(41)47(40)55)36-27-30-46-42(31-36)39-19-9-12-22-45(39)57-46/h1-31,37,43H. The Hall–Kier alpha value is -7.15. The van der Waals surface area contributed by atoms with Gasteiger partial charge in [-0.05, 0) is 60.2 Å². The zero-order valence-corrected chi connectivity index (χ0v) is 31.5. The van der Waals surface area contributed by atoms with Gasteiger partial charge in [-0.3, -0.25) is 0 Å². The largest absolute Gasteiger partial charge is 0.332 e. The Bertz CT molecular complexity index is 3190. The highest BCUT2D eigenvalue weighted by molar-refractivity contribution is 7.25. The van der Waals surface area contributed by atoms with Gasteiger partial charge in [0.25, 0.3) is 0 Å². The van der Waals surface area contributed by atoms with Gasteiger partial charge in [0.2, 0.25) is 0 Å². The zero-order chi connectivity index (χ0) is 37.5. The van der Waals surface area contributed by atoms with E-state index in [1.54, 1.807) is 0 Å². The average Bonchev–Trinajstić information content (AvgIpc) is 3.94. The van der Waals surface area contributed by atoms with Crippen LogP contribution in [0.25, 0.3) is 81.8 Å². The summed E-state index contributed by atoms with van der Waals surface area (Å²) >= 11 is 1.86. The van der Waals surface area contributed by atoms with Gasteiger partial charge >= 0.3 is 0 Å². The first-order valence-corrected chi connectivity index (χ1v) is 20.2. The predicted octanol–water partition coefficient (Wildman–Crippen LogP) is 13.1. The molecular weight excluding hydrogens is 715 g/mol. The van der Waals surface area contributed by atoms with Crippen LogP contribution in [0.1, 0.15) is 11.5 Å². The van der Waals surface area contributed by atoms with E-state index in [4.69, 9.17) is 15.0 Å². The molecule has 3 aromatic heterocycles. The molecule has 268 valence electrons. The molecule has 0 fully saturated rings. The Kier molecular flexibility index (Phi) is 7.16. The molecule has 57 heavy (non-hydrogen) atoms. The quantitative estimate of drug-likeness (QED) is 0.176. The van der Waals surface area contributed by atoms with E-state index in [1.807, 2.05) is 72.0 Å². The highest BCUT2D eigenvalue weighted by Gasteiger charge is 2.40. The molecule has 0 bridgehead atoms. The van der Waals surface area contributed by atoms with Crippen molar-refractivity contribution in [2.24, 2.45) is 0 Å². The van der Waals surface area contributed by atoms with Gasteiger partial charge in [0.1, 0.15) is 0 Å². The lowest BCUT2D eigenvalue weighted by molar-refractivity contribution is 0.745. The van der Waals surface area contributed by atoms with E-state index >= 15 is 0 Å². The van der Waals surface area contributed by atoms with Crippen LogP contribution in [0.5, 0.6) is 0 Å². The maximum absolute atomic E-state index is 5.02. The van der Waals surface area contributed by atoms with Gasteiger partial charge in [-0.15, -0.1) is 11.3 Å². The molecule has 6 heteroatoms. The SMILES string of the molecule is C1=CC2c3ccc4c5ccccc5n(-c5ccc6sc7ccccc7c6c5)c4c3N(c3ccc(-c4nc(-c5ccccc5)nc(-c5ccccc5)n4)cc3)C2C=C1. The van der Waals surface area contributed by atoms with E-state index in [1.165, 1.54) is 58.9 Å². The number of para-hydroxylation sites is 1. The summed E-state index contributed by atoms with van der Waals surface area (Å²) < 4.78 is 5.12. The van der Waals surface area contributed by atoms with Crippen LogP contribution in [0.4, 0.5) is 11.4 Å². The third-order valence-corrected chi connectivity index (χ3v) is 12.7. The van der Waals surface area contributed by atoms with Gasteiger partial charge in [-0.25, -0.2) is 15.0 Å². The van der Waals surface area contributed by atoms with Crippen molar-refractivity contribution in [3.8, 4) is 39.9 Å². The van der Waals surface area contributed by atoms with Crippen LogP contribution >= 0.6 is 11.3 Å². The third-order valence-electron chi connectivity index (χ3n) is 11.6. The Labute approximate surface area is 333 Å². The van der Waals surface area contributed by atoms with Crippen LogP contribution in [-0.2, 0) is 0 Å². The third kappa shape index (κ3) is 5.04. The fourth-order valence-corrected chi connectivity index (χ4v) is 10.1. The molecule has 0 spiro atoms. The molecule has 2 unspecified atom stereocenters. The van der Waals surface area contributed by atoms with Crippen molar-refractivity contribution in [2.45, 2.75) is 12.0 Å². The molecule has 0 radical (unpaired) electrons. The first-order valence-electron chi connectivity index (χ1n) is 19.4. The molecule has 5 nitrogen and oxygen atoms in total. The minimum atomic E-state index is 0.128. The molecule has 12 rings (SSSR count). The van der Waals surface area contributed by atoms with Crippen molar-refractivity contribution in [1.82, 2.24) is 19.5 Å². The average molecular weight is 748 g/mol. The molecule has 0 N–H and O–H groups in total. The van der Waals surface area contributed by atoms with Crippen molar-refractivity contribution in [1.29, 1.82) is 0 Å². The molecule has 0 saturated carbocycles. The molecule has 10 aromatic rings. The lowest BCUT2D eigenvalue weighted by Crippen LogP contribution is -2.28. The van der Waals surface area contributed by atoms with E-state index < -0.39 is 0 Å². The van der Waals surface area contributed by atoms with E-state index in [0.717, 1.165) is 22.4 Å². The van der Waals surface area contributed by atoms with Crippen LogP contribution in [0.2, 0.25) is 0 Å². The summed E-state index contributed by atoms with van der Waals surface area (Å²) in [7, 11) is 0. The summed E-state index contributed by atoms with van der Waals surface area (Å²) in [6, 6.07) is 58.5. The number of thiophene rings is 1. The molecule has 0 amide bonds. The predicted molar refractivity (Wildman–Crippen MR) is 237 cm³/mol. The second kappa shape index (κ2) is 12.7. The molecule has 4 heterocycles. The Balaban J connectivity index is 1.05. The summed E-state index contributed by atoms with van der Waals surface area (Å²) in [5, 5.41) is 5.10. The van der Waals surface area contributed by atoms with Crippen molar-refractivity contribution in [3.05, 3.63) is 194 Å². The summed E-state index contributed by atoms with van der Waals surface area (Å²) in [5.74, 6) is 2.17. The maximum Gasteiger partial charge on any atom is 0.164 e. The molecular formula is C51H33N5S. The number of benzene rings is 7. The van der Waals surface area contributed by atoms with Crippen LogP contribution in [-0.4, -0.2) is 25.6 Å². The van der Waals surface area contributed by atoms with Gasteiger partial charge in [0, 0.05) is 64.9 Å². The number of nitrogens with zero attached hydrogens (tertiary/aromatic N) is 5. The van der Waals surface area contributed by atoms with Gasteiger partial charge in [-0.1, -0.05) is 133 Å². The number of allylic oxidation sites excluding steroid dienone is 2. The Morgan fingerprint density at radius 3 is 1.79 bits per heavy atom. The highest BCUT2D eigenvalue weighted by atomic mass is 32.1. The first kappa shape index (κ1) is 32.1. The van der Waals surface area contributed by atoms with Crippen molar-refractivity contribution in [3.63, 3.8) is 0 Å². The molecule has 2 atom stereocenters. The lowest BCUT2D eigenvalue weighted by Gasteiger charge is -2.29.